The van der Waals surface area contributed by atoms with Crippen molar-refractivity contribution >= 4 is 23.0 Å². The third-order valence-corrected chi connectivity index (χ3v) is 4.52. The number of unbranched alkanes of at least 4 members (excludes halogenated alkanes) is 1. The van der Waals surface area contributed by atoms with Crippen molar-refractivity contribution in [3.63, 3.8) is 0 Å². The third-order valence-electron chi connectivity index (χ3n) is 4.17. The maximum absolute atomic E-state index is 12.1. The van der Waals surface area contributed by atoms with Gasteiger partial charge in [0.2, 0.25) is 0 Å². The number of ether oxygens (including phenoxy) is 1. The Morgan fingerprint density at radius 2 is 2.04 bits per heavy atom. The van der Waals surface area contributed by atoms with Crippen LogP contribution in [-0.4, -0.2) is 17.4 Å². The summed E-state index contributed by atoms with van der Waals surface area (Å²) < 4.78 is 5.68. The molecule has 1 heterocycles. The Morgan fingerprint density at radius 1 is 1.38 bits per heavy atom. The van der Waals surface area contributed by atoms with Crippen molar-refractivity contribution in [3.8, 4) is 11.8 Å². The Bertz CT molecular complexity index is 701. The minimum Gasteiger partial charge on any atom is -0.494 e. The van der Waals surface area contributed by atoms with E-state index in [1.807, 2.05) is 31.2 Å². The fourth-order valence-corrected chi connectivity index (χ4v) is 3.30. The number of Topliss-reactive ketones (excluding diaryl/α,β-unsaturated/α-hetero) is 1. The molecule has 0 fully saturated rings. The molecule has 1 N–H and O–H groups in total. The molecule has 1 aliphatic heterocycles. The first-order valence-electron chi connectivity index (χ1n) is 8.14. The molecule has 126 valence electrons. The Labute approximate surface area is 148 Å². The van der Waals surface area contributed by atoms with Gasteiger partial charge >= 0.3 is 0 Å². The van der Waals surface area contributed by atoms with Gasteiger partial charge in [-0.1, -0.05) is 37.7 Å². The van der Waals surface area contributed by atoms with Crippen LogP contribution in [0.5, 0.6) is 5.75 Å². The number of thiocarbonyl (C=S) groups is 1. The summed E-state index contributed by atoms with van der Waals surface area (Å²) in [5, 5.41) is 12.5. The summed E-state index contributed by atoms with van der Waals surface area (Å²) in [6, 6.07) is 9.85. The lowest BCUT2D eigenvalue weighted by molar-refractivity contribution is -0.114. The molecule has 24 heavy (non-hydrogen) atoms. The van der Waals surface area contributed by atoms with E-state index in [2.05, 4.69) is 18.3 Å². The number of carbonyl (C=O) groups is 1. The molecule has 0 spiro atoms. The number of hydrogen-bond donors (Lipinski definition) is 1. The first-order chi connectivity index (χ1) is 11.5. The van der Waals surface area contributed by atoms with Crippen LogP contribution in [0.3, 0.4) is 0 Å². The van der Waals surface area contributed by atoms with Gasteiger partial charge < -0.3 is 10.1 Å². The van der Waals surface area contributed by atoms with Crippen molar-refractivity contribution < 1.29 is 9.53 Å². The van der Waals surface area contributed by atoms with Gasteiger partial charge in [-0.05, 0) is 38.0 Å². The molecule has 0 aromatic heterocycles. The number of allylic oxidation sites excluding steroid dienone is 2. The first-order valence-corrected chi connectivity index (χ1v) is 8.55. The van der Waals surface area contributed by atoms with E-state index in [4.69, 9.17) is 17.0 Å². The molecule has 1 aromatic carbocycles. The zero-order valence-electron chi connectivity index (χ0n) is 14.3. The summed E-state index contributed by atoms with van der Waals surface area (Å²) >= 11 is 5.31. The van der Waals surface area contributed by atoms with E-state index in [-0.39, 0.29) is 11.7 Å². The molecular weight excluding hydrogens is 320 g/mol. The van der Waals surface area contributed by atoms with Crippen LogP contribution in [0.4, 0.5) is 0 Å². The lowest BCUT2D eigenvalue weighted by Crippen LogP contribution is -2.39. The minimum atomic E-state index is -0.547. The second kappa shape index (κ2) is 8.07. The number of nitrogens with zero attached hydrogens (tertiary/aromatic N) is 1. The fourth-order valence-electron chi connectivity index (χ4n) is 2.96. The van der Waals surface area contributed by atoms with Gasteiger partial charge in [-0.25, -0.2) is 0 Å². The molecule has 2 atom stereocenters. The quantitative estimate of drug-likeness (QED) is 0.628. The van der Waals surface area contributed by atoms with Gasteiger partial charge in [-0.15, -0.1) is 0 Å². The maximum atomic E-state index is 12.1. The molecule has 0 radical (unpaired) electrons. The van der Waals surface area contributed by atoms with E-state index in [0.29, 0.717) is 17.2 Å². The highest BCUT2D eigenvalue weighted by atomic mass is 32.1. The molecule has 1 aliphatic rings. The topological polar surface area (TPSA) is 62.1 Å². The number of ketones is 1. The molecule has 2 unspecified atom stereocenters. The third kappa shape index (κ3) is 3.82. The largest absolute Gasteiger partial charge is 0.494 e. The standard InChI is InChI=1S/C19H22N2O2S/c1-4-5-10-23-15-8-6-14(7-9-15)18-16(11-20)19(24)21-12(2)17(18)13(3)22/h6-9,16,18H,4-5,10H2,1-3H3,(H,21,24). The molecule has 0 bridgehead atoms. The first kappa shape index (κ1) is 18.2. The molecule has 5 heteroatoms. The molecular formula is C19H22N2O2S. The summed E-state index contributed by atoms with van der Waals surface area (Å²) in [5.74, 6) is -0.140. The molecule has 4 nitrogen and oxygen atoms in total. The van der Waals surface area contributed by atoms with E-state index in [1.54, 1.807) is 0 Å². The van der Waals surface area contributed by atoms with Crippen LogP contribution in [0, 0.1) is 17.2 Å². The van der Waals surface area contributed by atoms with Crippen molar-refractivity contribution in [1.29, 1.82) is 5.26 Å². The van der Waals surface area contributed by atoms with Gasteiger partial charge in [0.15, 0.2) is 5.78 Å². The highest BCUT2D eigenvalue weighted by Crippen LogP contribution is 2.38. The summed E-state index contributed by atoms with van der Waals surface area (Å²) in [7, 11) is 0. The second-order valence-corrected chi connectivity index (χ2v) is 6.38. The number of nitriles is 1. The lowest BCUT2D eigenvalue weighted by Gasteiger charge is -2.32. The van der Waals surface area contributed by atoms with Crippen LogP contribution >= 0.6 is 12.2 Å². The molecule has 0 aliphatic carbocycles. The molecule has 0 saturated carbocycles. The van der Waals surface area contributed by atoms with E-state index < -0.39 is 5.92 Å². The van der Waals surface area contributed by atoms with Crippen LogP contribution < -0.4 is 10.1 Å². The van der Waals surface area contributed by atoms with E-state index in [0.717, 1.165) is 29.9 Å². The van der Waals surface area contributed by atoms with Gasteiger partial charge in [-0.3, -0.25) is 4.79 Å². The zero-order valence-corrected chi connectivity index (χ0v) is 15.1. The predicted octanol–water partition coefficient (Wildman–Crippen LogP) is 3.88. The Morgan fingerprint density at radius 3 is 2.58 bits per heavy atom. The summed E-state index contributed by atoms with van der Waals surface area (Å²) in [6.07, 6.45) is 2.09. The van der Waals surface area contributed by atoms with Gasteiger partial charge in [0.1, 0.15) is 11.7 Å². The van der Waals surface area contributed by atoms with Crippen LogP contribution in [-0.2, 0) is 4.79 Å². The molecule has 0 amide bonds. The summed E-state index contributed by atoms with van der Waals surface area (Å²) in [4.78, 5) is 12.6. The highest BCUT2D eigenvalue weighted by molar-refractivity contribution is 7.80. The molecule has 2 rings (SSSR count). The average molecular weight is 342 g/mol. The highest BCUT2D eigenvalue weighted by Gasteiger charge is 2.37. The monoisotopic (exact) mass is 342 g/mol. The van der Waals surface area contributed by atoms with Crippen LogP contribution in [0.1, 0.15) is 45.1 Å². The van der Waals surface area contributed by atoms with Gasteiger partial charge in [-0.2, -0.15) is 5.26 Å². The number of benzene rings is 1. The van der Waals surface area contributed by atoms with Crippen molar-refractivity contribution in [2.75, 3.05) is 6.61 Å². The zero-order chi connectivity index (χ0) is 17.7. The lowest BCUT2D eigenvalue weighted by atomic mass is 9.76. The van der Waals surface area contributed by atoms with Crippen LogP contribution in [0.25, 0.3) is 0 Å². The van der Waals surface area contributed by atoms with Gasteiger partial charge in [0, 0.05) is 17.2 Å². The Hall–Kier alpha value is -2.19. The normalized spacial score (nSPS) is 20.3. The van der Waals surface area contributed by atoms with Crippen molar-refractivity contribution in [2.24, 2.45) is 5.92 Å². The summed E-state index contributed by atoms with van der Waals surface area (Å²) in [6.45, 7) is 6.16. The van der Waals surface area contributed by atoms with Crippen molar-refractivity contribution in [3.05, 3.63) is 41.1 Å². The number of nitrogens with one attached hydrogen (secondary N) is 1. The van der Waals surface area contributed by atoms with Crippen molar-refractivity contribution in [1.82, 2.24) is 5.32 Å². The van der Waals surface area contributed by atoms with Crippen LogP contribution in [0.2, 0.25) is 0 Å². The number of rotatable bonds is 6. The number of hydrogen-bond acceptors (Lipinski definition) is 4. The Kier molecular flexibility index (Phi) is 6.10. The Balaban J connectivity index is 2.35. The molecule has 1 aromatic rings. The van der Waals surface area contributed by atoms with Gasteiger partial charge in [0.05, 0.1) is 17.7 Å². The van der Waals surface area contributed by atoms with Gasteiger partial charge in [0.25, 0.3) is 0 Å². The van der Waals surface area contributed by atoms with E-state index in [1.165, 1.54) is 6.92 Å². The SMILES string of the molecule is CCCCOc1ccc(C2C(C(C)=O)=C(C)NC(=S)C2C#N)cc1. The minimum absolute atomic E-state index is 0.0453. The maximum Gasteiger partial charge on any atom is 0.158 e. The summed E-state index contributed by atoms with van der Waals surface area (Å²) in [5.41, 5.74) is 2.25. The van der Waals surface area contributed by atoms with E-state index in [9.17, 15) is 10.1 Å². The second-order valence-electron chi connectivity index (χ2n) is 5.94. The predicted molar refractivity (Wildman–Crippen MR) is 97.8 cm³/mol. The fraction of sp³-hybridized carbons (Fsp3) is 0.421. The van der Waals surface area contributed by atoms with Crippen molar-refractivity contribution in [2.45, 2.75) is 39.5 Å². The molecule has 0 saturated heterocycles. The van der Waals surface area contributed by atoms with E-state index >= 15 is 0 Å². The average Bonchev–Trinajstić information content (AvgIpc) is 2.54. The smallest absolute Gasteiger partial charge is 0.158 e. The number of carbonyl (C=O) groups excluding carboxylic acids is 1. The van der Waals surface area contributed by atoms with Crippen LogP contribution in [0.15, 0.2) is 35.5 Å².